The normalized spacial score (nSPS) is 20.0. The van der Waals surface area contributed by atoms with Crippen molar-refractivity contribution in [2.24, 2.45) is 10.9 Å². The number of hydrogen-bond donors (Lipinski definition) is 0. The predicted molar refractivity (Wildman–Crippen MR) is 69.9 cm³/mol. The molecule has 0 N–H and O–H groups in total. The molecule has 0 aromatic heterocycles. The molecule has 16 heavy (non-hydrogen) atoms. The van der Waals surface area contributed by atoms with E-state index in [4.69, 9.17) is 4.99 Å². The number of hydrogen-bond acceptors (Lipinski definition) is 1. The molecule has 1 aliphatic carbocycles. The average molecular weight is 215 g/mol. The van der Waals surface area contributed by atoms with Crippen molar-refractivity contribution in [3.63, 3.8) is 0 Å². The number of nitrogens with zero attached hydrogens (tertiary/aromatic N) is 1. The van der Waals surface area contributed by atoms with E-state index in [0.717, 1.165) is 5.92 Å². The lowest BCUT2D eigenvalue weighted by molar-refractivity contribution is 0.703. The maximum atomic E-state index is 4.85. The highest BCUT2D eigenvalue weighted by Crippen LogP contribution is 2.27. The minimum Gasteiger partial charge on any atom is -0.286 e. The molecule has 1 aromatic rings. The summed E-state index contributed by atoms with van der Waals surface area (Å²) in [6, 6.07) is 10.9. The lowest BCUT2D eigenvalue weighted by atomic mass is 10.0. The molecule has 1 atom stereocenters. The molecule has 1 saturated carbocycles. The molecule has 0 aliphatic heterocycles. The zero-order chi connectivity index (χ0) is 11.4. The fraction of sp³-hybridized carbons (Fsp3) is 0.533. The molecule has 1 heteroatoms. The first-order chi connectivity index (χ1) is 7.77. The molecule has 1 nitrogen and oxygen atoms in total. The second-order valence-corrected chi connectivity index (χ2v) is 4.84. The Morgan fingerprint density at radius 1 is 1.19 bits per heavy atom. The Balaban J connectivity index is 2.05. The third-order valence-corrected chi connectivity index (χ3v) is 3.63. The van der Waals surface area contributed by atoms with E-state index in [-0.39, 0.29) is 0 Å². The minimum atomic E-state index is 0.307. The molecule has 86 valence electrons. The fourth-order valence-electron chi connectivity index (χ4n) is 2.56. The van der Waals surface area contributed by atoms with Gasteiger partial charge in [-0.3, -0.25) is 4.99 Å². The highest BCUT2D eigenvalue weighted by molar-refractivity contribution is 5.84. The molecule has 1 fully saturated rings. The van der Waals surface area contributed by atoms with Crippen molar-refractivity contribution < 1.29 is 0 Å². The lowest BCUT2D eigenvalue weighted by Crippen LogP contribution is -2.08. The predicted octanol–water partition coefficient (Wildman–Crippen LogP) is 4.40. The Morgan fingerprint density at radius 3 is 2.44 bits per heavy atom. The van der Waals surface area contributed by atoms with Gasteiger partial charge in [0.2, 0.25) is 0 Å². The van der Waals surface area contributed by atoms with E-state index in [1.54, 1.807) is 0 Å². The molecule has 0 spiro atoms. The van der Waals surface area contributed by atoms with Crippen LogP contribution in [0.5, 0.6) is 0 Å². The molecule has 2 rings (SSSR count). The van der Waals surface area contributed by atoms with Crippen molar-refractivity contribution in [3.05, 3.63) is 35.9 Å². The third kappa shape index (κ3) is 2.72. The maximum Gasteiger partial charge on any atom is 0.0720 e. The van der Waals surface area contributed by atoms with Crippen LogP contribution in [0, 0.1) is 5.92 Å². The van der Waals surface area contributed by atoms with Crippen LogP contribution in [-0.4, -0.2) is 5.71 Å². The average Bonchev–Trinajstić information content (AvgIpc) is 2.83. The van der Waals surface area contributed by atoms with Gasteiger partial charge in [0.25, 0.3) is 0 Å². The SMILES string of the molecule is C/C(=N\[C@H](C)c1ccccc1)C1CCCC1. The van der Waals surface area contributed by atoms with Gasteiger partial charge in [0, 0.05) is 5.71 Å². The molecule has 0 saturated heterocycles. The second kappa shape index (κ2) is 5.29. The largest absolute Gasteiger partial charge is 0.286 e. The summed E-state index contributed by atoms with van der Waals surface area (Å²) < 4.78 is 0. The van der Waals surface area contributed by atoms with E-state index in [1.165, 1.54) is 37.0 Å². The van der Waals surface area contributed by atoms with Gasteiger partial charge in [-0.1, -0.05) is 43.2 Å². The van der Waals surface area contributed by atoms with E-state index in [1.807, 2.05) is 0 Å². The molecule has 0 heterocycles. The van der Waals surface area contributed by atoms with E-state index in [0.29, 0.717) is 6.04 Å². The van der Waals surface area contributed by atoms with Crippen LogP contribution >= 0.6 is 0 Å². The van der Waals surface area contributed by atoms with Gasteiger partial charge in [0.1, 0.15) is 0 Å². The fourth-order valence-corrected chi connectivity index (χ4v) is 2.56. The first kappa shape index (κ1) is 11.4. The van der Waals surface area contributed by atoms with Crippen molar-refractivity contribution >= 4 is 5.71 Å². The Hall–Kier alpha value is -1.11. The van der Waals surface area contributed by atoms with Gasteiger partial charge in [0.05, 0.1) is 6.04 Å². The summed E-state index contributed by atoms with van der Waals surface area (Å²) in [5.74, 6) is 0.756. The zero-order valence-corrected chi connectivity index (χ0v) is 10.3. The maximum absolute atomic E-state index is 4.85. The van der Waals surface area contributed by atoms with Gasteiger partial charge >= 0.3 is 0 Å². The van der Waals surface area contributed by atoms with Crippen LogP contribution in [0.15, 0.2) is 35.3 Å². The van der Waals surface area contributed by atoms with Crippen LogP contribution in [0.1, 0.15) is 51.1 Å². The standard InChI is InChI=1S/C15H21N/c1-12(14-8-4-3-5-9-14)16-13(2)15-10-6-7-11-15/h3-5,8-9,12,15H,6-7,10-11H2,1-2H3/b16-13+/t12-/m1/s1. The highest BCUT2D eigenvalue weighted by Gasteiger charge is 2.18. The number of aliphatic imine (C=N–C) groups is 1. The van der Waals surface area contributed by atoms with Gasteiger partial charge in [-0.2, -0.15) is 0 Å². The summed E-state index contributed by atoms with van der Waals surface area (Å²) in [6.45, 7) is 4.39. The lowest BCUT2D eigenvalue weighted by Gasteiger charge is -2.13. The summed E-state index contributed by atoms with van der Waals surface area (Å²) >= 11 is 0. The molecule has 0 amide bonds. The van der Waals surface area contributed by atoms with Crippen molar-refractivity contribution in [2.75, 3.05) is 0 Å². The Bertz CT molecular complexity index is 347. The summed E-state index contributed by atoms with van der Waals surface area (Å²) in [4.78, 5) is 4.85. The second-order valence-electron chi connectivity index (χ2n) is 4.84. The summed E-state index contributed by atoms with van der Waals surface area (Å²) in [5.41, 5.74) is 2.67. The summed E-state index contributed by atoms with van der Waals surface area (Å²) in [5, 5.41) is 0. The first-order valence-corrected chi connectivity index (χ1v) is 6.36. The van der Waals surface area contributed by atoms with Crippen molar-refractivity contribution in [2.45, 2.75) is 45.6 Å². The van der Waals surface area contributed by atoms with E-state index >= 15 is 0 Å². The highest BCUT2D eigenvalue weighted by atomic mass is 14.8. The van der Waals surface area contributed by atoms with Gasteiger partial charge in [-0.25, -0.2) is 0 Å². The Kier molecular flexibility index (Phi) is 3.76. The van der Waals surface area contributed by atoms with Crippen LogP contribution < -0.4 is 0 Å². The molecule has 0 bridgehead atoms. The van der Waals surface area contributed by atoms with Gasteiger partial charge in [-0.05, 0) is 38.2 Å². The molecule has 0 unspecified atom stereocenters. The number of benzene rings is 1. The Labute approximate surface area is 98.6 Å². The number of rotatable bonds is 3. The van der Waals surface area contributed by atoms with E-state index in [9.17, 15) is 0 Å². The van der Waals surface area contributed by atoms with Gasteiger partial charge in [0.15, 0.2) is 0 Å². The van der Waals surface area contributed by atoms with Crippen LogP contribution in [0.4, 0.5) is 0 Å². The summed E-state index contributed by atoms with van der Waals surface area (Å²) in [7, 11) is 0. The van der Waals surface area contributed by atoms with Crippen molar-refractivity contribution in [3.8, 4) is 0 Å². The smallest absolute Gasteiger partial charge is 0.0720 e. The van der Waals surface area contributed by atoms with Crippen LogP contribution in [-0.2, 0) is 0 Å². The van der Waals surface area contributed by atoms with Crippen LogP contribution in [0.25, 0.3) is 0 Å². The quantitative estimate of drug-likeness (QED) is 0.663. The van der Waals surface area contributed by atoms with Crippen molar-refractivity contribution in [1.82, 2.24) is 0 Å². The van der Waals surface area contributed by atoms with Crippen LogP contribution in [0.3, 0.4) is 0 Å². The van der Waals surface area contributed by atoms with Crippen LogP contribution in [0.2, 0.25) is 0 Å². The molecular formula is C15H21N. The van der Waals surface area contributed by atoms with E-state index in [2.05, 4.69) is 44.2 Å². The topological polar surface area (TPSA) is 12.4 Å². The van der Waals surface area contributed by atoms with Crippen molar-refractivity contribution in [1.29, 1.82) is 0 Å². The molecule has 1 aliphatic rings. The monoisotopic (exact) mass is 215 g/mol. The summed E-state index contributed by atoms with van der Waals surface area (Å²) in [6.07, 6.45) is 5.46. The third-order valence-electron chi connectivity index (χ3n) is 3.63. The molecule has 0 radical (unpaired) electrons. The first-order valence-electron chi connectivity index (χ1n) is 6.36. The zero-order valence-electron chi connectivity index (χ0n) is 10.3. The Morgan fingerprint density at radius 2 is 1.81 bits per heavy atom. The van der Waals surface area contributed by atoms with E-state index < -0.39 is 0 Å². The minimum absolute atomic E-state index is 0.307. The molecular weight excluding hydrogens is 194 g/mol. The van der Waals surface area contributed by atoms with Gasteiger partial charge < -0.3 is 0 Å². The molecule has 1 aromatic carbocycles. The van der Waals surface area contributed by atoms with Gasteiger partial charge in [-0.15, -0.1) is 0 Å².